The molecule has 2 aliphatic heterocycles. The molecule has 4 rings (SSSR count). The molecule has 2 heterocycles. The number of hydrogen-bond acceptors (Lipinski definition) is 5. The van der Waals surface area contributed by atoms with Crippen LogP contribution in [0.3, 0.4) is 0 Å². The highest BCUT2D eigenvalue weighted by molar-refractivity contribution is 5.92. The predicted octanol–water partition coefficient (Wildman–Crippen LogP) is 1.97. The zero-order valence-corrected chi connectivity index (χ0v) is 14.7. The number of anilines is 2. The van der Waals surface area contributed by atoms with Gasteiger partial charge in [0.1, 0.15) is 11.9 Å². The van der Waals surface area contributed by atoms with Crippen LogP contribution in [0.2, 0.25) is 0 Å². The third-order valence-electron chi connectivity index (χ3n) is 4.92. The fraction of sp³-hybridized carbons (Fsp3) is 0.421. The van der Waals surface area contributed by atoms with Crippen molar-refractivity contribution in [2.75, 3.05) is 29.4 Å². The fourth-order valence-electron chi connectivity index (χ4n) is 3.20. The van der Waals surface area contributed by atoms with Gasteiger partial charge in [-0.2, -0.15) is 0 Å². The van der Waals surface area contributed by atoms with Crippen molar-refractivity contribution in [1.82, 2.24) is 5.32 Å². The van der Waals surface area contributed by atoms with Crippen LogP contribution in [0.1, 0.15) is 19.3 Å². The number of nitrogens with zero attached hydrogens (tertiary/aromatic N) is 2. The zero-order chi connectivity index (χ0) is 19.0. The van der Waals surface area contributed by atoms with Crippen molar-refractivity contribution < 1.29 is 23.5 Å². The van der Waals surface area contributed by atoms with Gasteiger partial charge in [0.25, 0.3) is 0 Å². The molecular weight excluding hydrogens is 353 g/mol. The molecule has 0 spiro atoms. The van der Waals surface area contributed by atoms with Gasteiger partial charge in [-0.25, -0.2) is 9.18 Å². The lowest BCUT2D eigenvalue weighted by atomic mass is 10.1. The Hall–Kier alpha value is -2.90. The van der Waals surface area contributed by atoms with E-state index in [1.165, 1.54) is 17.0 Å². The number of halogens is 1. The number of carbonyl (C=O) groups is 3. The molecule has 1 aromatic rings. The lowest BCUT2D eigenvalue weighted by Gasteiger charge is -2.24. The first-order valence-electron chi connectivity index (χ1n) is 9.04. The van der Waals surface area contributed by atoms with Crippen LogP contribution in [-0.4, -0.2) is 43.5 Å². The number of nitrogens with one attached hydrogen (secondary N) is 1. The van der Waals surface area contributed by atoms with Gasteiger partial charge in [-0.05, 0) is 37.1 Å². The minimum absolute atomic E-state index is 0.00651. The maximum atomic E-state index is 14.6. The van der Waals surface area contributed by atoms with Gasteiger partial charge in [0, 0.05) is 25.1 Å². The van der Waals surface area contributed by atoms with Crippen molar-refractivity contribution in [3.8, 4) is 0 Å². The standard InChI is InChI=1S/C19H20FN3O4/c20-16-9-13(3-4-17(16)22-7-5-14(24)6-8-22)23-11-15(27-19(23)26)10-21-18(25)12-1-2-12/h3-5,7,9,12,15H,1-2,6,8,10-11H2,(H,21,25)/t15-/m0/s1. The molecule has 2 amide bonds. The predicted molar refractivity (Wildman–Crippen MR) is 95.9 cm³/mol. The molecule has 8 heteroatoms. The van der Waals surface area contributed by atoms with Crippen molar-refractivity contribution in [3.63, 3.8) is 0 Å². The van der Waals surface area contributed by atoms with E-state index in [0.717, 1.165) is 12.8 Å². The lowest BCUT2D eigenvalue weighted by Crippen LogP contribution is -2.35. The van der Waals surface area contributed by atoms with Crippen LogP contribution in [0.15, 0.2) is 30.5 Å². The summed E-state index contributed by atoms with van der Waals surface area (Å²) in [6.07, 6.45) is 4.13. The molecule has 1 saturated carbocycles. The SMILES string of the molecule is O=C1C=CN(c2ccc(N3C[C@H](CNC(=O)C4CC4)OC3=O)cc2F)CC1. The van der Waals surface area contributed by atoms with E-state index >= 15 is 0 Å². The number of benzene rings is 1. The molecule has 0 bridgehead atoms. The zero-order valence-electron chi connectivity index (χ0n) is 14.7. The van der Waals surface area contributed by atoms with E-state index < -0.39 is 18.0 Å². The summed E-state index contributed by atoms with van der Waals surface area (Å²) in [7, 11) is 0. The molecule has 1 saturated heterocycles. The Labute approximate surface area is 155 Å². The Morgan fingerprint density at radius 2 is 2.11 bits per heavy atom. The molecule has 0 radical (unpaired) electrons. The Morgan fingerprint density at radius 1 is 1.30 bits per heavy atom. The summed E-state index contributed by atoms with van der Waals surface area (Å²) in [5.41, 5.74) is 0.748. The summed E-state index contributed by atoms with van der Waals surface area (Å²) in [5, 5.41) is 2.79. The van der Waals surface area contributed by atoms with Crippen LogP contribution in [0, 0.1) is 11.7 Å². The first kappa shape index (κ1) is 17.5. The average molecular weight is 373 g/mol. The monoisotopic (exact) mass is 373 g/mol. The number of carbonyl (C=O) groups excluding carboxylic acids is 3. The summed E-state index contributed by atoms with van der Waals surface area (Å²) in [4.78, 5) is 38.1. The van der Waals surface area contributed by atoms with Gasteiger partial charge in [-0.1, -0.05) is 0 Å². The third-order valence-corrected chi connectivity index (χ3v) is 4.92. The summed E-state index contributed by atoms with van der Waals surface area (Å²) < 4.78 is 19.8. The van der Waals surface area contributed by atoms with Crippen LogP contribution in [0.5, 0.6) is 0 Å². The van der Waals surface area contributed by atoms with E-state index in [1.807, 2.05) is 0 Å². The van der Waals surface area contributed by atoms with Crippen LogP contribution in [-0.2, 0) is 14.3 Å². The van der Waals surface area contributed by atoms with Crippen LogP contribution in [0.4, 0.5) is 20.6 Å². The number of ether oxygens (including phenoxy) is 1. The molecule has 1 aromatic carbocycles. The topological polar surface area (TPSA) is 79.0 Å². The van der Waals surface area contributed by atoms with Gasteiger partial charge in [0.15, 0.2) is 5.78 Å². The minimum Gasteiger partial charge on any atom is -0.442 e. The second-order valence-electron chi connectivity index (χ2n) is 7.00. The Balaban J connectivity index is 1.41. The molecule has 1 atom stereocenters. The highest BCUT2D eigenvalue weighted by Crippen LogP contribution is 2.30. The second-order valence-corrected chi connectivity index (χ2v) is 7.00. The number of hydrogen-bond donors (Lipinski definition) is 1. The molecule has 7 nitrogen and oxygen atoms in total. The molecule has 0 unspecified atom stereocenters. The average Bonchev–Trinajstić information content (AvgIpc) is 3.44. The van der Waals surface area contributed by atoms with Crippen molar-refractivity contribution in [1.29, 1.82) is 0 Å². The third kappa shape index (κ3) is 3.79. The highest BCUT2D eigenvalue weighted by Gasteiger charge is 2.35. The Morgan fingerprint density at radius 3 is 2.78 bits per heavy atom. The lowest BCUT2D eigenvalue weighted by molar-refractivity contribution is -0.122. The number of cyclic esters (lactones) is 1. The van der Waals surface area contributed by atoms with Gasteiger partial charge in [-0.15, -0.1) is 0 Å². The first-order valence-corrected chi connectivity index (χ1v) is 9.04. The van der Waals surface area contributed by atoms with Crippen molar-refractivity contribution >= 4 is 29.2 Å². The van der Waals surface area contributed by atoms with E-state index in [-0.39, 0.29) is 30.7 Å². The van der Waals surface area contributed by atoms with Crippen LogP contribution >= 0.6 is 0 Å². The summed E-state index contributed by atoms with van der Waals surface area (Å²) >= 11 is 0. The van der Waals surface area contributed by atoms with Crippen LogP contribution in [0.25, 0.3) is 0 Å². The quantitative estimate of drug-likeness (QED) is 0.854. The molecule has 142 valence electrons. The minimum atomic E-state index is -0.559. The number of ketones is 1. The van der Waals surface area contributed by atoms with Gasteiger partial charge < -0.3 is 15.0 Å². The van der Waals surface area contributed by atoms with Gasteiger partial charge >= 0.3 is 6.09 Å². The second kappa shape index (κ2) is 7.02. The highest BCUT2D eigenvalue weighted by atomic mass is 19.1. The number of amides is 2. The smallest absolute Gasteiger partial charge is 0.414 e. The molecule has 27 heavy (non-hydrogen) atoms. The Bertz CT molecular complexity index is 821. The molecule has 1 N–H and O–H groups in total. The van der Waals surface area contributed by atoms with Crippen LogP contribution < -0.4 is 15.1 Å². The molecule has 0 aromatic heterocycles. The van der Waals surface area contributed by atoms with E-state index in [0.29, 0.717) is 24.3 Å². The number of allylic oxidation sites excluding steroid dienone is 1. The van der Waals surface area contributed by atoms with E-state index in [4.69, 9.17) is 4.74 Å². The summed E-state index contributed by atoms with van der Waals surface area (Å²) in [5.74, 6) is -0.375. The van der Waals surface area contributed by atoms with Crippen molar-refractivity contribution in [2.45, 2.75) is 25.4 Å². The molecular formula is C19H20FN3O4. The van der Waals surface area contributed by atoms with Gasteiger partial charge in [0.05, 0.1) is 24.5 Å². The first-order chi connectivity index (χ1) is 13.0. The largest absolute Gasteiger partial charge is 0.442 e. The molecule has 2 fully saturated rings. The normalized spacial score (nSPS) is 22.2. The fourth-order valence-corrected chi connectivity index (χ4v) is 3.20. The summed E-state index contributed by atoms with van der Waals surface area (Å²) in [6.45, 7) is 0.922. The van der Waals surface area contributed by atoms with Gasteiger partial charge in [-0.3, -0.25) is 14.5 Å². The van der Waals surface area contributed by atoms with Crippen molar-refractivity contribution in [3.05, 3.63) is 36.3 Å². The maximum absolute atomic E-state index is 14.6. The van der Waals surface area contributed by atoms with E-state index in [1.54, 1.807) is 23.2 Å². The molecule has 3 aliphatic rings. The Kier molecular flexibility index (Phi) is 4.55. The van der Waals surface area contributed by atoms with Gasteiger partial charge in [0.2, 0.25) is 5.91 Å². The molecule has 1 aliphatic carbocycles. The summed E-state index contributed by atoms with van der Waals surface area (Å²) in [6, 6.07) is 4.52. The van der Waals surface area contributed by atoms with E-state index in [2.05, 4.69) is 5.32 Å². The maximum Gasteiger partial charge on any atom is 0.414 e. The van der Waals surface area contributed by atoms with E-state index in [9.17, 15) is 18.8 Å². The number of rotatable bonds is 5. The van der Waals surface area contributed by atoms with Crippen molar-refractivity contribution in [2.24, 2.45) is 5.92 Å².